The number of nitrogens with zero attached hydrogens (tertiary/aromatic N) is 5. The summed E-state index contributed by atoms with van der Waals surface area (Å²) in [5.74, 6) is 1.27. The van der Waals surface area contributed by atoms with E-state index in [1.165, 1.54) is 13.2 Å². The molecule has 1 amide bonds. The summed E-state index contributed by atoms with van der Waals surface area (Å²) in [6.07, 6.45) is 5.69. The van der Waals surface area contributed by atoms with E-state index in [0.717, 1.165) is 28.5 Å². The molecule has 3 heterocycles. The normalized spacial score (nSPS) is 13.8. The Balaban J connectivity index is 1.28. The molecule has 0 spiro atoms. The van der Waals surface area contributed by atoms with Gasteiger partial charge in [0.05, 0.1) is 32.5 Å². The van der Waals surface area contributed by atoms with E-state index in [1.807, 2.05) is 46.0 Å². The van der Waals surface area contributed by atoms with Gasteiger partial charge in [0.25, 0.3) is 0 Å². The van der Waals surface area contributed by atoms with Crippen molar-refractivity contribution in [1.82, 2.24) is 19.3 Å². The van der Waals surface area contributed by atoms with Gasteiger partial charge < -0.3 is 19.3 Å². The summed E-state index contributed by atoms with van der Waals surface area (Å²) in [5.41, 5.74) is 3.35. The molecular weight excluding hydrogens is 449 g/mol. The number of carbonyl (C=O) groups excluding carboxylic acids is 1. The van der Waals surface area contributed by atoms with E-state index in [1.54, 1.807) is 25.4 Å². The van der Waals surface area contributed by atoms with Gasteiger partial charge in [0.15, 0.2) is 23.0 Å². The number of methoxy groups -OCH3 is 2. The predicted molar refractivity (Wildman–Crippen MR) is 130 cm³/mol. The molecule has 0 radical (unpaired) electrons. The lowest BCUT2D eigenvalue weighted by molar-refractivity contribution is -0.130. The molecule has 0 N–H and O–H groups in total. The van der Waals surface area contributed by atoms with Gasteiger partial charge in [-0.3, -0.25) is 9.20 Å². The van der Waals surface area contributed by atoms with Crippen LogP contribution >= 0.6 is 0 Å². The molecule has 8 nitrogen and oxygen atoms in total. The van der Waals surface area contributed by atoms with Crippen LogP contribution in [0.5, 0.6) is 11.5 Å². The summed E-state index contributed by atoms with van der Waals surface area (Å²) in [5, 5.41) is 0. The van der Waals surface area contributed by atoms with Crippen LogP contribution in [0.1, 0.15) is 5.56 Å². The van der Waals surface area contributed by atoms with Gasteiger partial charge in [0.2, 0.25) is 5.91 Å². The zero-order chi connectivity index (χ0) is 24.4. The molecule has 1 saturated heterocycles. The van der Waals surface area contributed by atoms with Crippen LogP contribution in [0.25, 0.3) is 16.9 Å². The van der Waals surface area contributed by atoms with Crippen molar-refractivity contribution in [3.8, 4) is 22.8 Å². The van der Waals surface area contributed by atoms with Crippen molar-refractivity contribution in [2.24, 2.45) is 0 Å². The molecule has 0 aliphatic carbocycles. The summed E-state index contributed by atoms with van der Waals surface area (Å²) in [7, 11) is 3.06. The number of rotatable bonds is 6. The van der Waals surface area contributed by atoms with Crippen molar-refractivity contribution in [1.29, 1.82) is 0 Å². The number of benzene rings is 2. The van der Waals surface area contributed by atoms with Gasteiger partial charge in [-0.15, -0.1) is 0 Å². The summed E-state index contributed by atoms with van der Waals surface area (Å²) in [6.45, 7) is 2.40. The van der Waals surface area contributed by atoms with Gasteiger partial charge in [-0.05, 0) is 42.0 Å². The van der Waals surface area contributed by atoms with Gasteiger partial charge in [0, 0.05) is 44.1 Å². The molecule has 4 aromatic rings. The molecule has 1 aliphatic heterocycles. The zero-order valence-corrected chi connectivity index (χ0v) is 19.6. The number of carbonyl (C=O) groups is 1. The van der Waals surface area contributed by atoms with Crippen molar-refractivity contribution in [2.45, 2.75) is 6.42 Å². The maximum atomic E-state index is 14.0. The lowest BCUT2D eigenvalue weighted by Gasteiger charge is -2.35. The van der Waals surface area contributed by atoms with E-state index in [0.29, 0.717) is 31.7 Å². The molecule has 0 bridgehead atoms. The summed E-state index contributed by atoms with van der Waals surface area (Å²) < 4.78 is 26.2. The highest BCUT2D eigenvalue weighted by molar-refractivity contribution is 5.79. The average molecular weight is 476 g/mol. The first-order valence-corrected chi connectivity index (χ1v) is 11.4. The van der Waals surface area contributed by atoms with Crippen molar-refractivity contribution >= 4 is 17.4 Å². The Morgan fingerprint density at radius 1 is 1.00 bits per heavy atom. The number of hydrogen-bond acceptors (Lipinski definition) is 6. The minimum absolute atomic E-state index is 0.0250. The largest absolute Gasteiger partial charge is 0.497 e. The topological polar surface area (TPSA) is 72.2 Å². The number of anilines is 1. The maximum Gasteiger partial charge on any atom is 0.227 e. The molecule has 1 fully saturated rings. The maximum absolute atomic E-state index is 14.0. The molecule has 1 aliphatic rings. The van der Waals surface area contributed by atoms with Crippen LogP contribution in [0.4, 0.5) is 10.2 Å². The van der Waals surface area contributed by atoms with Gasteiger partial charge in [-0.1, -0.05) is 6.07 Å². The summed E-state index contributed by atoms with van der Waals surface area (Å²) in [6, 6.07) is 12.5. The fraction of sp³-hybridized carbons (Fsp3) is 0.269. The minimum atomic E-state index is -0.463. The first-order chi connectivity index (χ1) is 17.1. The zero-order valence-electron chi connectivity index (χ0n) is 19.6. The fourth-order valence-electron chi connectivity index (χ4n) is 4.38. The van der Waals surface area contributed by atoms with Crippen LogP contribution < -0.4 is 14.4 Å². The molecule has 0 unspecified atom stereocenters. The van der Waals surface area contributed by atoms with Crippen LogP contribution in [0.3, 0.4) is 0 Å². The Morgan fingerprint density at radius 3 is 2.46 bits per heavy atom. The van der Waals surface area contributed by atoms with Crippen LogP contribution in [0, 0.1) is 5.82 Å². The van der Waals surface area contributed by atoms with Crippen LogP contribution in [0.15, 0.2) is 61.1 Å². The number of aromatic nitrogens is 3. The van der Waals surface area contributed by atoms with Crippen molar-refractivity contribution in [3.63, 3.8) is 0 Å². The van der Waals surface area contributed by atoms with E-state index < -0.39 is 5.82 Å². The van der Waals surface area contributed by atoms with Gasteiger partial charge in [-0.25, -0.2) is 14.4 Å². The number of hydrogen-bond donors (Lipinski definition) is 0. The molecule has 35 heavy (non-hydrogen) atoms. The monoisotopic (exact) mass is 475 g/mol. The lowest BCUT2D eigenvalue weighted by Crippen LogP contribution is -2.49. The van der Waals surface area contributed by atoms with Crippen LogP contribution in [0.2, 0.25) is 0 Å². The molecule has 2 aromatic carbocycles. The molecule has 9 heteroatoms. The van der Waals surface area contributed by atoms with E-state index >= 15 is 0 Å². The van der Waals surface area contributed by atoms with E-state index in [9.17, 15) is 9.18 Å². The first-order valence-electron chi connectivity index (χ1n) is 11.4. The second-order valence-electron chi connectivity index (χ2n) is 8.33. The Kier molecular flexibility index (Phi) is 6.22. The van der Waals surface area contributed by atoms with E-state index in [4.69, 9.17) is 14.5 Å². The molecule has 0 saturated carbocycles. The number of ether oxygens (including phenoxy) is 2. The van der Waals surface area contributed by atoms with Crippen molar-refractivity contribution in [3.05, 3.63) is 72.4 Å². The standard InChI is InChI=1S/C26H26FN5O3/c1-34-20-6-4-19(5-7-20)22-17-29-25(26-28-9-10-32(22)26)31-13-11-30(12-14-31)24(33)16-18-3-8-23(35-2)21(27)15-18/h3-10,15,17H,11-14,16H2,1-2H3. The van der Waals surface area contributed by atoms with Gasteiger partial charge in [0.1, 0.15) is 5.75 Å². The SMILES string of the molecule is COc1ccc(-c2cnc(N3CCN(C(=O)Cc4ccc(OC)c(F)c4)CC3)c3nccn23)cc1. The highest BCUT2D eigenvalue weighted by Crippen LogP contribution is 2.27. The Labute approximate surface area is 202 Å². The number of fused-ring (bicyclic) bond motifs is 1. The third-order valence-electron chi connectivity index (χ3n) is 6.30. The van der Waals surface area contributed by atoms with Crippen molar-refractivity contribution < 1.29 is 18.7 Å². The summed E-state index contributed by atoms with van der Waals surface area (Å²) >= 11 is 0. The third-order valence-corrected chi connectivity index (χ3v) is 6.30. The molecular formula is C26H26FN5O3. The van der Waals surface area contributed by atoms with Gasteiger partial charge >= 0.3 is 0 Å². The molecule has 0 atom stereocenters. The van der Waals surface area contributed by atoms with Crippen molar-refractivity contribution in [2.75, 3.05) is 45.3 Å². The molecule has 180 valence electrons. The second-order valence-corrected chi connectivity index (χ2v) is 8.33. The number of amides is 1. The molecule has 2 aromatic heterocycles. The quantitative estimate of drug-likeness (QED) is 0.426. The second kappa shape index (κ2) is 9.61. The Bertz CT molecular complexity index is 1350. The fourth-order valence-corrected chi connectivity index (χ4v) is 4.38. The van der Waals surface area contributed by atoms with Crippen LogP contribution in [-0.2, 0) is 11.2 Å². The summed E-state index contributed by atoms with van der Waals surface area (Å²) in [4.78, 5) is 26.1. The number of halogens is 1. The Hall–Kier alpha value is -4.14. The van der Waals surface area contributed by atoms with E-state index in [-0.39, 0.29) is 18.1 Å². The Morgan fingerprint density at radius 2 is 1.77 bits per heavy atom. The smallest absolute Gasteiger partial charge is 0.227 e. The molecule has 5 rings (SSSR count). The lowest BCUT2D eigenvalue weighted by atomic mass is 10.1. The third kappa shape index (κ3) is 4.49. The predicted octanol–water partition coefficient (Wildman–Crippen LogP) is 3.44. The van der Waals surface area contributed by atoms with E-state index in [2.05, 4.69) is 9.88 Å². The average Bonchev–Trinajstić information content (AvgIpc) is 3.39. The van der Waals surface area contributed by atoms with Crippen LogP contribution in [-0.4, -0.2) is 65.6 Å². The minimum Gasteiger partial charge on any atom is -0.497 e. The van der Waals surface area contributed by atoms with Gasteiger partial charge in [-0.2, -0.15) is 0 Å². The highest BCUT2D eigenvalue weighted by Gasteiger charge is 2.24. The number of piperazine rings is 1. The highest BCUT2D eigenvalue weighted by atomic mass is 19.1. The first kappa shape index (κ1) is 22.6. The number of imidazole rings is 1.